The van der Waals surface area contributed by atoms with Crippen LogP contribution >= 0.6 is 0 Å². The van der Waals surface area contributed by atoms with Crippen molar-refractivity contribution >= 4 is 0 Å². The van der Waals surface area contributed by atoms with Crippen molar-refractivity contribution in [3.8, 4) is 0 Å². The summed E-state index contributed by atoms with van der Waals surface area (Å²) in [5.74, 6) is -0.115. The molecule has 3 nitrogen and oxygen atoms in total. The van der Waals surface area contributed by atoms with Gasteiger partial charge in [-0.1, -0.05) is 11.1 Å². The molecule has 4 N–H and O–H groups in total. The predicted molar refractivity (Wildman–Crippen MR) is 52.2 cm³/mol. The minimum Gasteiger partial charge on any atom is -0.396 e. The standard InChI is InChI=1S/C10H19NO2/c1-7(5-11)8-3-4-10(2,13)9(8)6-12/h9,12-13H,3-6,11H2,1-2H3/b8-7+. The average Bonchev–Trinajstić information content (AvgIpc) is 2.39. The van der Waals surface area contributed by atoms with Crippen LogP contribution in [0.15, 0.2) is 11.1 Å². The van der Waals surface area contributed by atoms with Crippen molar-refractivity contribution < 1.29 is 10.2 Å². The lowest BCUT2D eigenvalue weighted by Crippen LogP contribution is -2.32. The van der Waals surface area contributed by atoms with Gasteiger partial charge in [-0.3, -0.25) is 0 Å². The van der Waals surface area contributed by atoms with Crippen LogP contribution in [0.4, 0.5) is 0 Å². The molecule has 1 saturated carbocycles. The first kappa shape index (κ1) is 10.7. The molecule has 1 aliphatic rings. The Balaban J connectivity index is 2.92. The summed E-state index contributed by atoms with van der Waals surface area (Å²) in [7, 11) is 0. The van der Waals surface area contributed by atoms with Crippen molar-refractivity contribution in [2.45, 2.75) is 32.3 Å². The number of hydrogen-bond donors (Lipinski definition) is 3. The molecule has 0 aliphatic heterocycles. The second-order valence-corrected chi connectivity index (χ2v) is 4.10. The quantitative estimate of drug-likeness (QED) is 0.546. The Morgan fingerprint density at radius 2 is 2.31 bits per heavy atom. The van der Waals surface area contributed by atoms with Gasteiger partial charge in [0.25, 0.3) is 0 Å². The second-order valence-electron chi connectivity index (χ2n) is 4.10. The van der Waals surface area contributed by atoms with Crippen LogP contribution in [0.25, 0.3) is 0 Å². The van der Waals surface area contributed by atoms with E-state index >= 15 is 0 Å². The van der Waals surface area contributed by atoms with E-state index in [1.807, 2.05) is 6.92 Å². The molecule has 1 rings (SSSR count). The highest BCUT2D eigenvalue weighted by Crippen LogP contribution is 2.40. The average molecular weight is 185 g/mol. The summed E-state index contributed by atoms with van der Waals surface area (Å²) < 4.78 is 0. The maximum Gasteiger partial charge on any atom is 0.0709 e. The van der Waals surface area contributed by atoms with E-state index < -0.39 is 5.60 Å². The Bertz CT molecular complexity index is 221. The summed E-state index contributed by atoms with van der Waals surface area (Å²) in [6.45, 7) is 4.28. The maximum absolute atomic E-state index is 9.93. The molecule has 0 aromatic carbocycles. The Morgan fingerprint density at radius 3 is 2.77 bits per heavy atom. The van der Waals surface area contributed by atoms with Crippen LogP contribution in [0.2, 0.25) is 0 Å². The second kappa shape index (κ2) is 3.78. The molecule has 0 spiro atoms. The SMILES string of the molecule is C/C(CN)=C1/CCC(C)(O)C1CO. The fourth-order valence-electron chi connectivity index (χ4n) is 2.06. The van der Waals surface area contributed by atoms with Gasteiger partial charge in [-0.25, -0.2) is 0 Å². The summed E-state index contributed by atoms with van der Waals surface area (Å²) in [5.41, 5.74) is 7.04. The van der Waals surface area contributed by atoms with Crippen molar-refractivity contribution in [2.75, 3.05) is 13.2 Å². The van der Waals surface area contributed by atoms with Gasteiger partial charge in [-0.2, -0.15) is 0 Å². The molecule has 0 heterocycles. The molecular weight excluding hydrogens is 166 g/mol. The van der Waals surface area contributed by atoms with Gasteiger partial charge in [0.2, 0.25) is 0 Å². The van der Waals surface area contributed by atoms with Crippen LogP contribution in [0.5, 0.6) is 0 Å². The molecule has 0 saturated heterocycles. The van der Waals surface area contributed by atoms with Crippen molar-refractivity contribution in [1.29, 1.82) is 0 Å². The molecule has 2 unspecified atom stereocenters. The van der Waals surface area contributed by atoms with Crippen LogP contribution in [0, 0.1) is 5.92 Å². The maximum atomic E-state index is 9.93. The minimum absolute atomic E-state index is 0.0136. The van der Waals surface area contributed by atoms with Crippen LogP contribution in [-0.2, 0) is 0 Å². The number of rotatable bonds is 2. The predicted octanol–water partition coefficient (Wildman–Crippen LogP) is 0.415. The Hall–Kier alpha value is -0.380. The van der Waals surface area contributed by atoms with Crippen molar-refractivity contribution in [3.63, 3.8) is 0 Å². The third-order valence-electron chi connectivity index (χ3n) is 3.11. The lowest BCUT2D eigenvalue weighted by molar-refractivity contribution is 0.00711. The Kier molecular flexibility index (Phi) is 3.11. The molecule has 0 aromatic rings. The fraction of sp³-hybridized carbons (Fsp3) is 0.800. The molecule has 76 valence electrons. The van der Waals surface area contributed by atoms with E-state index in [4.69, 9.17) is 5.73 Å². The molecule has 0 amide bonds. The van der Waals surface area contributed by atoms with E-state index in [9.17, 15) is 10.2 Å². The highest BCUT2D eigenvalue weighted by atomic mass is 16.3. The van der Waals surface area contributed by atoms with Crippen molar-refractivity contribution in [3.05, 3.63) is 11.1 Å². The zero-order valence-electron chi connectivity index (χ0n) is 8.38. The van der Waals surface area contributed by atoms with Gasteiger partial charge < -0.3 is 15.9 Å². The van der Waals surface area contributed by atoms with Gasteiger partial charge in [0.1, 0.15) is 0 Å². The molecule has 0 aromatic heterocycles. The summed E-state index contributed by atoms with van der Waals surface area (Å²) in [6.07, 6.45) is 1.59. The van der Waals surface area contributed by atoms with Crippen molar-refractivity contribution in [1.82, 2.24) is 0 Å². The van der Waals surface area contributed by atoms with Crippen LogP contribution in [0.1, 0.15) is 26.7 Å². The summed E-state index contributed by atoms with van der Waals surface area (Å²) in [4.78, 5) is 0. The first-order chi connectivity index (χ1) is 6.03. The smallest absolute Gasteiger partial charge is 0.0709 e. The third kappa shape index (κ3) is 1.93. The highest BCUT2D eigenvalue weighted by molar-refractivity contribution is 5.24. The van der Waals surface area contributed by atoms with Crippen LogP contribution in [-0.4, -0.2) is 29.0 Å². The summed E-state index contributed by atoms with van der Waals surface area (Å²) >= 11 is 0. The van der Waals surface area contributed by atoms with Gasteiger partial charge in [0.15, 0.2) is 0 Å². The number of hydrogen-bond acceptors (Lipinski definition) is 3. The van der Waals surface area contributed by atoms with Crippen molar-refractivity contribution in [2.24, 2.45) is 11.7 Å². The van der Waals surface area contributed by atoms with Gasteiger partial charge in [-0.15, -0.1) is 0 Å². The summed E-state index contributed by atoms with van der Waals surface area (Å²) in [6, 6.07) is 0. The topological polar surface area (TPSA) is 66.5 Å². The largest absolute Gasteiger partial charge is 0.396 e. The monoisotopic (exact) mass is 185 g/mol. The van der Waals surface area contributed by atoms with E-state index in [-0.39, 0.29) is 12.5 Å². The third-order valence-corrected chi connectivity index (χ3v) is 3.11. The molecular formula is C10H19NO2. The number of aliphatic hydroxyl groups excluding tert-OH is 1. The zero-order chi connectivity index (χ0) is 10.1. The normalized spacial score (nSPS) is 38.1. The number of nitrogens with two attached hydrogens (primary N) is 1. The van der Waals surface area contributed by atoms with Crippen LogP contribution in [0.3, 0.4) is 0 Å². The van der Waals surface area contributed by atoms with E-state index in [1.54, 1.807) is 6.92 Å². The Morgan fingerprint density at radius 1 is 1.69 bits per heavy atom. The molecule has 1 aliphatic carbocycles. The molecule has 0 radical (unpaired) electrons. The Labute approximate surface area is 79.3 Å². The van der Waals surface area contributed by atoms with Gasteiger partial charge in [-0.05, 0) is 26.7 Å². The fourth-order valence-corrected chi connectivity index (χ4v) is 2.06. The first-order valence-electron chi connectivity index (χ1n) is 4.74. The number of aliphatic hydroxyl groups is 2. The minimum atomic E-state index is -0.749. The van der Waals surface area contributed by atoms with Gasteiger partial charge >= 0.3 is 0 Å². The lowest BCUT2D eigenvalue weighted by atomic mass is 9.89. The molecule has 3 heteroatoms. The molecule has 13 heavy (non-hydrogen) atoms. The van der Waals surface area contributed by atoms with E-state index in [0.717, 1.165) is 24.0 Å². The molecule has 2 atom stereocenters. The van der Waals surface area contributed by atoms with Gasteiger partial charge in [0.05, 0.1) is 12.2 Å². The zero-order valence-corrected chi connectivity index (χ0v) is 8.38. The first-order valence-corrected chi connectivity index (χ1v) is 4.74. The van der Waals surface area contributed by atoms with Gasteiger partial charge in [0, 0.05) is 12.5 Å². The molecule has 0 bridgehead atoms. The molecule has 1 fully saturated rings. The van der Waals surface area contributed by atoms with Crippen LogP contribution < -0.4 is 5.73 Å². The summed E-state index contributed by atoms with van der Waals surface area (Å²) in [5, 5.41) is 19.1. The van der Waals surface area contributed by atoms with E-state index in [0.29, 0.717) is 6.54 Å². The van der Waals surface area contributed by atoms with E-state index in [1.165, 1.54) is 0 Å². The highest BCUT2D eigenvalue weighted by Gasteiger charge is 2.40. The van der Waals surface area contributed by atoms with E-state index in [2.05, 4.69) is 0 Å². The lowest BCUT2D eigenvalue weighted by Gasteiger charge is -2.25.